The first-order valence-electron chi connectivity index (χ1n) is 8.21. The summed E-state index contributed by atoms with van der Waals surface area (Å²) in [6.45, 7) is 2.11. The van der Waals surface area contributed by atoms with E-state index in [0.717, 1.165) is 12.8 Å². The van der Waals surface area contributed by atoms with Gasteiger partial charge in [-0.05, 0) is 43.0 Å². The lowest BCUT2D eigenvalue weighted by molar-refractivity contribution is -0.122. The van der Waals surface area contributed by atoms with Crippen molar-refractivity contribution >= 4 is 5.91 Å². The van der Waals surface area contributed by atoms with Gasteiger partial charge >= 0.3 is 0 Å². The SMILES string of the molecule is Cc1ccccc1[C@H](CC(=O)NC1CCCC1)n1cccc1. The Morgan fingerprint density at radius 2 is 1.86 bits per heavy atom. The van der Waals surface area contributed by atoms with Gasteiger partial charge in [0.15, 0.2) is 0 Å². The number of rotatable bonds is 5. The molecule has 2 aromatic rings. The van der Waals surface area contributed by atoms with E-state index < -0.39 is 0 Å². The lowest BCUT2D eigenvalue weighted by Gasteiger charge is -2.22. The summed E-state index contributed by atoms with van der Waals surface area (Å²) in [6.07, 6.45) is 9.32. The maximum atomic E-state index is 12.5. The molecule has 3 nitrogen and oxygen atoms in total. The molecule has 0 aliphatic heterocycles. The lowest BCUT2D eigenvalue weighted by atomic mass is 9.98. The number of benzene rings is 1. The second kappa shape index (κ2) is 6.82. The zero-order chi connectivity index (χ0) is 15.4. The first kappa shape index (κ1) is 14.9. The van der Waals surface area contributed by atoms with Crippen LogP contribution in [0.4, 0.5) is 0 Å². The summed E-state index contributed by atoms with van der Waals surface area (Å²) >= 11 is 0. The van der Waals surface area contributed by atoms with Crippen LogP contribution in [0.15, 0.2) is 48.8 Å². The highest BCUT2D eigenvalue weighted by Gasteiger charge is 2.22. The molecule has 3 heteroatoms. The quantitative estimate of drug-likeness (QED) is 0.894. The van der Waals surface area contributed by atoms with Crippen molar-refractivity contribution in [2.75, 3.05) is 0 Å². The van der Waals surface area contributed by atoms with Gasteiger partial charge in [-0.25, -0.2) is 0 Å². The van der Waals surface area contributed by atoms with Gasteiger partial charge in [-0.1, -0.05) is 37.1 Å². The van der Waals surface area contributed by atoms with Crippen molar-refractivity contribution in [2.24, 2.45) is 0 Å². The Morgan fingerprint density at radius 3 is 2.55 bits per heavy atom. The molecule has 1 amide bonds. The molecule has 1 aliphatic carbocycles. The smallest absolute Gasteiger partial charge is 0.222 e. The summed E-state index contributed by atoms with van der Waals surface area (Å²) in [5.74, 6) is 0.161. The number of carbonyl (C=O) groups excluding carboxylic acids is 1. The number of nitrogens with one attached hydrogen (secondary N) is 1. The Balaban J connectivity index is 1.77. The van der Waals surface area contributed by atoms with Gasteiger partial charge in [0.2, 0.25) is 5.91 Å². The predicted molar refractivity (Wildman–Crippen MR) is 88.8 cm³/mol. The standard InChI is InChI=1S/C19H24N2O/c1-15-8-2-5-11-17(15)18(21-12-6-7-13-21)14-19(22)20-16-9-3-4-10-16/h2,5-8,11-13,16,18H,3-4,9-10,14H2,1H3,(H,20,22)/t18-/m0/s1. The topological polar surface area (TPSA) is 34.0 Å². The molecule has 3 rings (SSSR count). The van der Waals surface area contributed by atoms with Crippen molar-refractivity contribution in [1.29, 1.82) is 0 Å². The summed E-state index contributed by atoms with van der Waals surface area (Å²) < 4.78 is 2.14. The van der Waals surface area contributed by atoms with Crippen LogP contribution in [0, 0.1) is 6.92 Å². The molecule has 1 aromatic carbocycles. The van der Waals surface area contributed by atoms with Crippen molar-refractivity contribution in [2.45, 2.75) is 51.1 Å². The molecule has 1 saturated carbocycles. The third-order valence-corrected chi connectivity index (χ3v) is 4.63. The van der Waals surface area contributed by atoms with Crippen molar-refractivity contribution in [1.82, 2.24) is 9.88 Å². The van der Waals surface area contributed by atoms with E-state index in [9.17, 15) is 4.79 Å². The predicted octanol–water partition coefficient (Wildman–Crippen LogP) is 3.83. The van der Waals surface area contributed by atoms with Crippen LogP contribution in [0.2, 0.25) is 0 Å². The molecule has 0 radical (unpaired) electrons. The summed E-state index contributed by atoms with van der Waals surface area (Å²) in [5.41, 5.74) is 2.45. The number of aromatic nitrogens is 1. The monoisotopic (exact) mass is 296 g/mol. The number of nitrogens with zero attached hydrogens (tertiary/aromatic N) is 1. The zero-order valence-corrected chi connectivity index (χ0v) is 13.2. The third kappa shape index (κ3) is 3.41. The Hall–Kier alpha value is -2.03. The van der Waals surface area contributed by atoms with Crippen LogP contribution in [0.1, 0.15) is 49.3 Å². The van der Waals surface area contributed by atoms with E-state index in [-0.39, 0.29) is 11.9 Å². The highest BCUT2D eigenvalue weighted by Crippen LogP contribution is 2.26. The molecule has 1 N–H and O–H groups in total. The first-order valence-corrected chi connectivity index (χ1v) is 8.21. The number of amides is 1. The van der Waals surface area contributed by atoms with Crippen LogP contribution in [-0.4, -0.2) is 16.5 Å². The van der Waals surface area contributed by atoms with E-state index in [4.69, 9.17) is 0 Å². The molecule has 1 aromatic heterocycles. The van der Waals surface area contributed by atoms with E-state index in [1.54, 1.807) is 0 Å². The fourth-order valence-corrected chi connectivity index (χ4v) is 3.42. The van der Waals surface area contributed by atoms with E-state index in [1.165, 1.54) is 24.0 Å². The summed E-state index contributed by atoms with van der Waals surface area (Å²) in [6, 6.07) is 12.8. The Bertz CT molecular complexity index is 612. The Labute approximate surface area is 132 Å². The van der Waals surface area contributed by atoms with Crippen LogP contribution >= 0.6 is 0 Å². The second-order valence-electron chi connectivity index (χ2n) is 6.26. The number of hydrogen-bond acceptors (Lipinski definition) is 1. The Morgan fingerprint density at radius 1 is 1.18 bits per heavy atom. The van der Waals surface area contributed by atoms with Gasteiger partial charge in [0.05, 0.1) is 12.5 Å². The van der Waals surface area contributed by atoms with Gasteiger partial charge in [0.25, 0.3) is 0 Å². The summed E-state index contributed by atoms with van der Waals surface area (Å²) in [5, 5.41) is 3.21. The maximum Gasteiger partial charge on any atom is 0.222 e. The number of aryl methyl sites for hydroxylation is 1. The van der Waals surface area contributed by atoms with E-state index in [0.29, 0.717) is 12.5 Å². The fourth-order valence-electron chi connectivity index (χ4n) is 3.42. The minimum atomic E-state index is 0.0672. The maximum absolute atomic E-state index is 12.5. The van der Waals surface area contributed by atoms with Crippen LogP contribution in [0.5, 0.6) is 0 Å². The molecule has 1 fully saturated rings. The third-order valence-electron chi connectivity index (χ3n) is 4.63. The zero-order valence-electron chi connectivity index (χ0n) is 13.2. The normalized spacial score (nSPS) is 16.6. The molecule has 0 saturated heterocycles. The summed E-state index contributed by atoms with van der Waals surface area (Å²) in [4.78, 5) is 12.5. The van der Waals surface area contributed by atoms with E-state index >= 15 is 0 Å². The van der Waals surface area contributed by atoms with E-state index in [1.807, 2.05) is 36.7 Å². The van der Waals surface area contributed by atoms with Crippen LogP contribution in [0.3, 0.4) is 0 Å². The van der Waals surface area contributed by atoms with Crippen LogP contribution in [0.25, 0.3) is 0 Å². The molecule has 1 aliphatic rings. The minimum Gasteiger partial charge on any atom is -0.353 e. The lowest BCUT2D eigenvalue weighted by Crippen LogP contribution is -2.34. The highest BCUT2D eigenvalue weighted by molar-refractivity contribution is 5.77. The average Bonchev–Trinajstić information content (AvgIpc) is 3.19. The molecule has 0 spiro atoms. The molecule has 0 bridgehead atoms. The second-order valence-corrected chi connectivity index (χ2v) is 6.26. The van der Waals surface area contributed by atoms with Crippen LogP contribution in [-0.2, 0) is 4.79 Å². The average molecular weight is 296 g/mol. The number of carbonyl (C=O) groups is 1. The van der Waals surface area contributed by atoms with Gasteiger partial charge in [0.1, 0.15) is 0 Å². The molecule has 0 unspecified atom stereocenters. The fraction of sp³-hybridized carbons (Fsp3) is 0.421. The molecule has 116 valence electrons. The molecule has 22 heavy (non-hydrogen) atoms. The molecule has 1 heterocycles. The van der Waals surface area contributed by atoms with Gasteiger partial charge in [-0.15, -0.1) is 0 Å². The van der Waals surface area contributed by atoms with Crippen LogP contribution < -0.4 is 5.32 Å². The van der Waals surface area contributed by atoms with Gasteiger partial charge in [-0.2, -0.15) is 0 Å². The molecular weight excluding hydrogens is 272 g/mol. The van der Waals surface area contributed by atoms with Crippen molar-refractivity contribution < 1.29 is 4.79 Å². The van der Waals surface area contributed by atoms with Crippen molar-refractivity contribution in [3.63, 3.8) is 0 Å². The first-order chi connectivity index (χ1) is 10.7. The Kier molecular flexibility index (Phi) is 4.62. The highest BCUT2D eigenvalue weighted by atomic mass is 16.1. The van der Waals surface area contributed by atoms with Gasteiger partial charge in [0, 0.05) is 18.4 Å². The van der Waals surface area contributed by atoms with E-state index in [2.05, 4.69) is 28.9 Å². The van der Waals surface area contributed by atoms with Gasteiger partial charge in [-0.3, -0.25) is 4.79 Å². The minimum absolute atomic E-state index is 0.0672. The molecule has 1 atom stereocenters. The van der Waals surface area contributed by atoms with Crippen molar-refractivity contribution in [3.8, 4) is 0 Å². The number of hydrogen-bond donors (Lipinski definition) is 1. The van der Waals surface area contributed by atoms with Gasteiger partial charge < -0.3 is 9.88 Å². The largest absolute Gasteiger partial charge is 0.353 e. The van der Waals surface area contributed by atoms with Crippen molar-refractivity contribution in [3.05, 3.63) is 59.9 Å². The molecular formula is C19H24N2O. The summed E-state index contributed by atoms with van der Waals surface area (Å²) in [7, 11) is 0.